The summed E-state index contributed by atoms with van der Waals surface area (Å²) < 4.78 is 0. The van der Waals surface area contributed by atoms with E-state index in [0.29, 0.717) is 0 Å². The number of nitrogens with one attached hydrogen (secondary N) is 1. The monoisotopic (exact) mass is 215 g/mol. The molecule has 1 heteroatoms. The van der Waals surface area contributed by atoms with Gasteiger partial charge >= 0.3 is 0 Å². The Morgan fingerprint density at radius 2 is 1.94 bits per heavy atom. The van der Waals surface area contributed by atoms with Crippen molar-refractivity contribution in [2.45, 2.75) is 51.1 Å². The van der Waals surface area contributed by atoms with Gasteiger partial charge in [-0.3, -0.25) is 0 Å². The third-order valence-electron chi connectivity index (χ3n) is 4.56. The van der Waals surface area contributed by atoms with Crippen molar-refractivity contribution in [1.29, 1.82) is 0 Å². The van der Waals surface area contributed by atoms with Crippen molar-refractivity contribution in [3.05, 3.63) is 35.4 Å². The summed E-state index contributed by atoms with van der Waals surface area (Å²) in [7, 11) is 0. The van der Waals surface area contributed by atoms with Gasteiger partial charge in [-0.15, -0.1) is 0 Å². The highest BCUT2D eigenvalue weighted by molar-refractivity contribution is 5.32. The summed E-state index contributed by atoms with van der Waals surface area (Å²) in [6.45, 7) is 3.50. The van der Waals surface area contributed by atoms with Crippen molar-refractivity contribution < 1.29 is 0 Å². The number of benzene rings is 1. The van der Waals surface area contributed by atoms with E-state index in [9.17, 15) is 0 Å². The van der Waals surface area contributed by atoms with Crippen LogP contribution in [0.5, 0.6) is 0 Å². The Balaban J connectivity index is 1.96. The van der Waals surface area contributed by atoms with Gasteiger partial charge in [0.25, 0.3) is 0 Å². The lowest BCUT2D eigenvalue weighted by Gasteiger charge is -2.34. The lowest BCUT2D eigenvalue weighted by molar-refractivity contribution is 0.240. The molecular weight excluding hydrogens is 194 g/mol. The standard InChI is InChI=1S/C15H21N/c1-11-13-7-3-2-6-12(13)10-16-15-9-5-4-8-14(11)15/h2-3,6-7,11,14-16H,4-5,8-10H2,1H3. The number of hydrogen-bond acceptors (Lipinski definition) is 1. The third kappa shape index (κ3) is 1.67. The summed E-state index contributed by atoms with van der Waals surface area (Å²) in [4.78, 5) is 0. The molecule has 1 N–H and O–H groups in total. The highest BCUT2D eigenvalue weighted by Crippen LogP contribution is 2.39. The second kappa shape index (κ2) is 4.21. The number of fused-ring (bicyclic) bond motifs is 2. The Morgan fingerprint density at radius 3 is 2.88 bits per heavy atom. The van der Waals surface area contributed by atoms with Crippen LogP contribution in [0.1, 0.15) is 49.7 Å². The summed E-state index contributed by atoms with van der Waals surface area (Å²) in [6.07, 6.45) is 5.63. The Kier molecular flexibility index (Phi) is 2.72. The third-order valence-corrected chi connectivity index (χ3v) is 4.56. The van der Waals surface area contributed by atoms with Gasteiger partial charge in [-0.2, -0.15) is 0 Å². The van der Waals surface area contributed by atoms with Gasteiger partial charge < -0.3 is 5.32 Å². The molecular formula is C15H21N. The van der Waals surface area contributed by atoms with Crippen molar-refractivity contribution in [3.63, 3.8) is 0 Å². The molecule has 16 heavy (non-hydrogen) atoms. The second-order valence-electron chi connectivity index (χ2n) is 5.42. The molecule has 3 unspecified atom stereocenters. The first kappa shape index (κ1) is 10.3. The minimum atomic E-state index is 0.733. The first-order valence-electron chi connectivity index (χ1n) is 6.67. The molecule has 1 saturated carbocycles. The van der Waals surface area contributed by atoms with Crippen LogP contribution in [-0.4, -0.2) is 6.04 Å². The van der Waals surface area contributed by atoms with E-state index in [1.165, 1.54) is 31.2 Å². The van der Waals surface area contributed by atoms with Crippen LogP contribution in [0, 0.1) is 5.92 Å². The van der Waals surface area contributed by atoms with Crippen LogP contribution in [0.25, 0.3) is 0 Å². The van der Waals surface area contributed by atoms with Crippen molar-refractivity contribution in [2.75, 3.05) is 0 Å². The van der Waals surface area contributed by atoms with E-state index in [1.54, 1.807) is 5.56 Å². The largest absolute Gasteiger partial charge is 0.310 e. The van der Waals surface area contributed by atoms with Crippen molar-refractivity contribution >= 4 is 0 Å². The number of rotatable bonds is 0. The zero-order valence-corrected chi connectivity index (χ0v) is 10.1. The highest BCUT2D eigenvalue weighted by atomic mass is 14.9. The molecule has 2 aliphatic rings. The molecule has 0 saturated heterocycles. The van der Waals surface area contributed by atoms with Gasteiger partial charge in [-0.1, -0.05) is 44.0 Å². The molecule has 1 aliphatic carbocycles. The summed E-state index contributed by atoms with van der Waals surface area (Å²) in [5.74, 6) is 1.59. The van der Waals surface area contributed by atoms with Gasteiger partial charge in [0.05, 0.1) is 0 Å². The van der Waals surface area contributed by atoms with Crippen LogP contribution in [0.15, 0.2) is 24.3 Å². The first-order chi connectivity index (χ1) is 7.86. The van der Waals surface area contributed by atoms with Crippen molar-refractivity contribution in [2.24, 2.45) is 5.92 Å². The van der Waals surface area contributed by atoms with Gasteiger partial charge in [0, 0.05) is 12.6 Å². The fraction of sp³-hybridized carbons (Fsp3) is 0.600. The molecule has 1 aromatic rings. The van der Waals surface area contributed by atoms with Gasteiger partial charge in [0.2, 0.25) is 0 Å². The first-order valence-corrected chi connectivity index (χ1v) is 6.67. The van der Waals surface area contributed by atoms with Crippen LogP contribution in [0.4, 0.5) is 0 Å². The summed E-state index contributed by atoms with van der Waals surface area (Å²) in [5.41, 5.74) is 3.11. The zero-order valence-electron chi connectivity index (χ0n) is 10.1. The van der Waals surface area contributed by atoms with E-state index in [4.69, 9.17) is 0 Å². The SMILES string of the molecule is CC1c2ccccc2CNC2CCCCC21. The minimum absolute atomic E-state index is 0.733. The van der Waals surface area contributed by atoms with Gasteiger partial charge in [-0.25, -0.2) is 0 Å². The highest BCUT2D eigenvalue weighted by Gasteiger charge is 2.32. The second-order valence-corrected chi connectivity index (χ2v) is 5.42. The molecule has 0 radical (unpaired) electrons. The topological polar surface area (TPSA) is 12.0 Å². The molecule has 0 aromatic heterocycles. The molecule has 0 spiro atoms. The molecule has 3 atom stereocenters. The summed E-state index contributed by atoms with van der Waals surface area (Å²) in [5, 5.41) is 3.77. The lowest BCUT2D eigenvalue weighted by atomic mass is 9.75. The normalized spacial score (nSPS) is 33.7. The fourth-order valence-corrected chi connectivity index (χ4v) is 3.62. The maximum Gasteiger partial charge on any atom is 0.0211 e. The van der Waals surface area contributed by atoms with E-state index in [-0.39, 0.29) is 0 Å². The van der Waals surface area contributed by atoms with E-state index in [0.717, 1.165) is 24.4 Å². The predicted molar refractivity (Wildman–Crippen MR) is 67.4 cm³/mol. The summed E-state index contributed by atoms with van der Waals surface area (Å²) >= 11 is 0. The Morgan fingerprint density at radius 1 is 1.12 bits per heavy atom. The van der Waals surface area contributed by atoms with Crippen molar-refractivity contribution in [1.82, 2.24) is 5.32 Å². The zero-order chi connectivity index (χ0) is 11.0. The van der Waals surface area contributed by atoms with Gasteiger partial charge in [-0.05, 0) is 35.8 Å². The van der Waals surface area contributed by atoms with E-state index in [1.807, 2.05) is 0 Å². The van der Waals surface area contributed by atoms with Crippen LogP contribution in [0.3, 0.4) is 0 Å². The average Bonchev–Trinajstić information content (AvgIpc) is 2.49. The van der Waals surface area contributed by atoms with Crippen LogP contribution in [-0.2, 0) is 6.54 Å². The number of hydrogen-bond donors (Lipinski definition) is 1. The van der Waals surface area contributed by atoms with E-state index < -0.39 is 0 Å². The van der Waals surface area contributed by atoms with Crippen LogP contribution >= 0.6 is 0 Å². The maximum absolute atomic E-state index is 3.77. The molecule has 1 aliphatic heterocycles. The molecule has 0 bridgehead atoms. The molecule has 1 fully saturated rings. The van der Waals surface area contributed by atoms with E-state index >= 15 is 0 Å². The maximum atomic E-state index is 3.77. The molecule has 1 heterocycles. The average molecular weight is 215 g/mol. The Bertz CT molecular complexity index is 371. The van der Waals surface area contributed by atoms with Crippen LogP contribution < -0.4 is 5.32 Å². The summed E-state index contributed by atoms with van der Waals surface area (Å²) in [6, 6.07) is 9.74. The molecule has 3 rings (SSSR count). The van der Waals surface area contributed by atoms with Crippen molar-refractivity contribution in [3.8, 4) is 0 Å². The predicted octanol–water partition coefficient (Wildman–Crippen LogP) is 3.45. The van der Waals surface area contributed by atoms with Crippen LogP contribution in [0.2, 0.25) is 0 Å². The lowest BCUT2D eigenvalue weighted by Crippen LogP contribution is -2.38. The molecule has 1 nitrogen and oxygen atoms in total. The minimum Gasteiger partial charge on any atom is -0.310 e. The molecule has 0 amide bonds. The fourth-order valence-electron chi connectivity index (χ4n) is 3.62. The smallest absolute Gasteiger partial charge is 0.0211 e. The Hall–Kier alpha value is -0.820. The molecule has 1 aromatic carbocycles. The van der Waals surface area contributed by atoms with Gasteiger partial charge in [0.15, 0.2) is 0 Å². The van der Waals surface area contributed by atoms with Gasteiger partial charge in [0.1, 0.15) is 0 Å². The quantitative estimate of drug-likeness (QED) is 0.699. The van der Waals surface area contributed by atoms with E-state index in [2.05, 4.69) is 36.5 Å². The molecule has 86 valence electrons. The Labute approximate surface area is 98.3 Å².